The molecule has 2 fully saturated rings. The van der Waals surface area contributed by atoms with Crippen LogP contribution in [0.3, 0.4) is 0 Å². The van der Waals surface area contributed by atoms with Crippen LogP contribution in [0.4, 0.5) is 10.1 Å². The molecule has 1 aliphatic carbocycles. The van der Waals surface area contributed by atoms with Crippen molar-refractivity contribution in [3.8, 4) is 0 Å². The number of nitrogens with zero attached hydrogens (tertiary/aromatic N) is 2. The third kappa shape index (κ3) is 6.25. The van der Waals surface area contributed by atoms with Crippen LogP contribution < -0.4 is 14.9 Å². The van der Waals surface area contributed by atoms with Crippen LogP contribution in [-0.2, 0) is 19.8 Å². The molecule has 2 aliphatic rings. The fourth-order valence-corrected chi connectivity index (χ4v) is 5.54. The van der Waals surface area contributed by atoms with Crippen LogP contribution in [0, 0.1) is 12.7 Å². The molecule has 0 aromatic heterocycles. The van der Waals surface area contributed by atoms with Crippen LogP contribution in [0.2, 0.25) is 0 Å². The second kappa shape index (κ2) is 10.8. The van der Waals surface area contributed by atoms with Crippen molar-refractivity contribution in [1.82, 2.24) is 14.3 Å². The Kier molecular flexibility index (Phi) is 7.83. The van der Waals surface area contributed by atoms with E-state index in [2.05, 4.69) is 10.0 Å². The summed E-state index contributed by atoms with van der Waals surface area (Å²) in [6.07, 6.45) is 4.87. The summed E-state index contributed by atoms with van der Waals surface area (Å²) in [4.78, 5) is 28.5. The number of carbonyl (C=O) groups is 2. The topological polar surface area (TPSA) is 98.6 Å². The maximum Gasteiger partial charge on any atom is 0.280 e. The Bertz CT molecular complexity index is 1180. The van der Waals surface area contributed by atoms with Crippen molar-refractivity contribution >= 4 is 27.7 Å². The summed E-state index contributed by atoms with van der Waals surface area (Å²) in [6.45, 7) is 2.07. The molecule has 0 radical (unpaired) electrons. The van der Waals surface area contributed by atoms with Crippen LogP contribution in [0.1, 0.15) is 49.3 Å². The van der Waals surface area contributed by atoms with E-state index in [1.807, 2.05) is 19.1 Å². The molecule has 1 heterocycles. The molecule has 1 saturated heterocycles. The molecular weight excluding hydrogens is 471 g/mol. The number of halogens is 1. The number of hydrogen-bond acceptors (Lipinski definition) is 4. The number of benzene rings is 2. The fourth-order valence-electron chi connectivity index (χ4n) is 4.49. The van der Waals surface area contributed by atoms with Gasteiger partial charge in [0.2, 0.25) is 11.8 Å². The molecule has 2 aromatic rings. The third-order valence-corrected chi connectivity index (χ3v) is 8.00. The fraction of sp³-hybridized carbons (Fsp3) is 0.440. The Hall–Kier alpha value is -2.82. The van der Waals surface area contributed by atoms with Crippen molar-refractivity contribution in [2.75, 3.05) is 24.5 Å². The van der Waals surface area contributed by atoms with E-state index in [4.69, 9.17) is 0 Å². The molecule has 35 heavy (non-hydrogen) atoms. The summed E-state index contributed by atoms with van der Waals surface area (Å²) in [6, 6.07) is 11.5. The minimum atomic E-state index is -3.79. The van der Waals surface area contributed by atoms with Gasteiger partial charge in [0.25, 0.3) is 10.2 Å². The predicted octanol–water partition coefficient (Wildman–Crippen LogP) is 2.81. The minimum Gasteiger partial charge on any atom is -0.351 e. The van der Waals surface area contributed by atoms with Crippen LogP contribution in [0.5, 0.6) is 0 Å². The second-order valence-corrected chi connectivity index (χ2v) is 10.8. The van der Waals surface area contributed by atoms with Gasteiger partial charge in [-0.2, -0.15) is 17.4 Å². The SMILES string of the molecule is Cc1ccccc1[C@@H](C(=O)NC1CCCCC1)N(C(=O)CNS(=O)(=O)N1CC1)c1cccc(F)c1. The zero-order valence-corrected chi connectivity index (χ0v) is 20.6. The van der Waals surface area contributed by atoms with Crippen molar-refractivity contribution in [1.29, 1.82) is 0 Å². The van der Waals surface area contributed by atoms with E-state index < -0.39 is 34.5 Å². The van der Waals surface area contributed by atoms with Gasteiger partial charge < -0.3 is 5.32 Å². The molecule has 0 spiro atoms. The van der Waals surface area contributed by atoms with Crippen LogP contribution in [0.25, 0.3) is 0 Å². The lowest BCUT2D eigenvalue weighted by molar-refractivity contribution is -0.127. The summed E-state index contributed by atoms with van der Waals surface area (Å²) < 4.78 is 42.4. The maximum atomic E-state index is 14.2. The second-order valence-electron chi connectivity index (χ2n) is 9.07. The number of aryl methyl sites for hydroxylation is 1. The van der Waals surface area contributed by atoms with Gasteiger partial charge in [0.1, 0.15) is 11.9 Å². The van der Waals surface area contributed by atoms with Crippen LogP contribution in [-0.4, -0.2) is 50.2 Å². The van der Waals surface area contributed by atoms with Crippen molar-refractivity contribution < 1.29 is 22.4 Å². The van der Waals surface area contributed by atoms with E-state index in [0.29, 0.717) is 18.7 Å². The summed E-state index contributed by atoms with van der Waals surface area (Å²) in [7, 11) is -3.79. The normalized spacial score (nSPS) is 17.5. The molecular formula is C25H31FN4O4S. The van der Waals surface area contributed by atoms with E-state index in [-0.39, 0.29) is 17.6 Å². The molecule has 1 saturated carbocycles. The Morgan fingerprint density at radius 3 is 2.46 bits per heavy atom. The van der Waals surface area contributed by atoms with Gasteiger partial charge in [-0.05, 0) is 49.1 Å². The standard InChI is InChI=1S/C25H31FN4O4S/c1-18-8-5-6-13-22(18)24(25(32)28-20-10-3-2-4-11-20)30(21-12-7-9-19(26)16-21)23(31)17-27-35(33,34)29-14-15-29/h5-9,12-13,16,20,24,27H,2-4,10-11,14-15,17H2,1H3,(H,28,32)/t24-/m0/s1. The number of amides is 2. The van der Waals surface area contributed by atoms with Crippen molar-refractivity contribution in [2.24, 2.45) is 0 Å². The molecule has 10 heteroatoms. The first-order valence-electron chi connectivity index (χ1n) is 11.9. The van der Waals surface area contributed by atoms with Gasteiger partial charge in [-0.1, -0.05) is 49.6 Å². The highest BCUT2D eigenvalue weighted by molar-refractivity contribution is 7.87. The zero-order valence-electron chi connectivity index (χ0n) is 19.7. The first-order valence-corrected chi connectivity index (χ1v) is 13.4. The molecule has 0 unspecified atom stereocenters. The molecule has 4 rings (SSSR count). The molecule has 2 amide bonds. The smallest absolute Gasteiger partial charge is 0.280 e. The lowest BCUT2D eigenvalue weighted by Crippen LogP contribution is -2.50. The summed E-state index contributed by atoms with van der Waals surface area (Å²) in [5.41, 5.74) is 1.55. The highest BCUT2D eigenvalue weighted by Crippen LogP contribution is 2.31. The van der Waals surface area contributed by atoms with E-state index in [0.717, 1.165) is 37.7 Å². The minimum absolute atomic E-state index is 0.00611. The number of hydrogen-bond donors (Lipinski definition) is 2. The van der Waals surface area contributed by atoms with E-state index in [1.165, 1.54) is 27.4 Å². The number of anilines is 1. The quantitative estimate of drug-likeness (QED) is 0.515. The zero-order chi connectivity index (χ0) is 25.0. The Morgan fingerprint density at radius 2 is 1.80 bits per heavy atom. The van der Waals surface area contributed by atoms with Crippen molar-refractivity contribution in [3.05, 3.63) is 65.5 Å². The molecule has 188 valence electrons. The van der Waals surface area contributed by atoms with Gasteiger partial charge in [0.05, 0.1) is 6.54 Å². The van der Waals surface area contributed by atoms with Gasteiger partial charge in [0, 0.05) is 24.8 Å². The molecule has 8 nitrogen and oxygen atoms in total. The Morgan fingerprint density at radius 1 is 1.09 bits per heavy atom. The Balaban J connectivity index is 1.71. The first kappa shape index (κ1) is 25.3. The number of rotatable bonds is 9. The third-order valence-electron chi connectivity index (χ3n) is 6.45. The molecule has 2 aromatic carbocycles. The van der Waals surface area contributed by atoms with Gasteiger partial charge in [0.15, 0.2) is 0 Å². The van der Waals surface area contributed by atoms with Gasteiger partial charge in [-0.15, -0.1) is 0 Å². The largest absolute Gasteiger partial charge is 0.351 e. The first-order chi connectivity index (χ1) is 16.8. The monoisotopic (exact) mass is 502 g/mol. The highest BCUT2D eigenvalue weighted by atomic mass is 32.2. The van der Waals surface area contributed by atoms with E-state index >= 15 is 0 Å². The summed E-state index contributed by atoms with van der Waals surface area (Å²) >= 11 is 0. The molecule has 1 atom stereocenters. The van der Waals surface area contributed by atoms with Crippen LogP contribution >= 0.6 is 0 Å². The average molecular weight is 503 g/mol. The van der Waals surface area contributed by atoms with Gasteiger partial charge in [-0.3, -0.25) is 14.5 Å². The molecule has 0 bridgehead atoms. The van der Waals surface area contributed by atoms with Gasteiger partial charge in [-0.25, -0.2) is 4.39 Å². The molecule has 2 N–H and O–H groups in total. The Labute approximate surface area is 205 Å². The van der Waals surface area contributed by atoms with Crippen LogP contribution in [0.15, 0.2) is 48.5 Å². The van der Waals surface area contributed by atoms with E-state index in [1.54, 1.807) is 18.2 Å². The lowest BCUT2D eigenvalue weighted by Gasteiger charge is -2.34. The average Bonchev–Trinajstić information content (AvgIpc) is 3.69. The van der Waals surface area contributed by atoms with E-state index in [9.17, 15) is 22.4 Å². The van der Waals surface area contributed by atoms with Crippen molar-refractivity contribution in [2.45, 2.75) is 51.1 Å². The number of carbonyl (C=O) groups excluding carboxylic acids is 2. The summed E-state index contributed by atoms with van der Waals surface area (Å²) in [5.74, 6) is -1.60. The van der Waals surface area contributed by atoms with Gasteiger partial charge >= 0.3 is 0 Å². The molecule has 1 aliphatic heterocycles. The number of nitrogens with one attached hydrogen (secondary N) is 2. The summed E-state index contributed by atoms with van der Waals surface area (Å²) in [5, 5.41) is 3.09. The lowest BCUT2D eigenvalue weighted by atomic mass is 9.93. The maximum absolute atomic E-state index is 14.2. The predicted molar refractivity (Wildman–Crippen MR) is 131 cm³/mol. The van der Waals surface area contributed by atoms with Crippen molar-refractivity contribution in [3.63, 3.8) is 0 Å². The highest BCUT2D eigenvalue weighted by Gasteiger charge is 2.37.